The van der Waals surface area contributed by atoms with E-state index in [4.69, 9.17) is 5.11 Å². The molecule has 17 heavy (non-hydrogen) atoms. The number of aliphatic carboxylic acids is 1. The minimum atomic E-state index is -1.30. The van der Waals surface area contributed by atoms with Crippen LogP contribution in [-0.2, 0) is 9.59 Å². The average Bonchev–Trinajstić information content (AvgIpc) is 2.38. The van der Waals surface area contributed by atoms with Crippen LogP contribution < -0.4 is 5.32 Å². The molecule has 0 bridgehead atoms. The monoisotopic (exact) mass is 345 g/mol. The molecule has 0 fully saturated rings. The first-order valence-corrected chi connectivity index (χ1v) is 5.93. The lowest BCUT2D eigenvalue weighted by atomic mass is 9.95. The number of nitrogens with one attached hydrogen (secondary N) is 1. The highest BCUT2D eigenvalue weighted by Gasteiger charge is 2.34. The van der Waals surface area contributed by atoms with Crippen molar-refractivity contribution in [2.24, 2.45) is 5.92 Å². The third-order valence-corrected chi connectivity index (χ3v) is 3.20. The number of carboxylic acid groups (broad SMARTS) is 1. The largest absolute Gasteiger partial charge is 0.481 e. The average molecular weight is 345 g/mol. The summed E-state index contributed by atoms with van der Waals surface area (Å²) in [6, 6.07) is 4.94. The number of carbonyl (C=O) groups is 3. The Balaban J connectivity index is 2.55. The number of rotatable bonds is 1. The van der Waals surface area contributed by atoms with E-state index in [0.717, 1.165) is 3.57 Å². The van der Waals surface area contributed by atoms with Gasteiger partial charge in [0.15, 0.2) is 5.78 Å². The zero-order chi connectivity index (χ0) is 12.6. The van der Waals surface area contributed by atoms with Gasteiger partial charge < -0.3 is 10.4 Å². The molecular weight excluding hydrogens is 337 g/mol. The Morgan fingerprint density at radius 1 is 1.41 bits per heavy atom. The lowest BCUT2D eigenvalue weighted by Gasteiger charge is -2.07. The second-order valence-corrected chi connectivity index (χ2v) is 4.94. The molecule has 0 aromatic heterocycles. The van der Waals surface area contributed by atoms with Crippen LogP contribution in [0.3, 0.4) is 0 Å². The van der Waals surface area contributed by atoms with Crippen molar-refractivity contribution in [1.29, 1.82) is 0 Å². The molecule has 0 saturated heterocycles. The van der Waals surface area contributed by atoms with Gasteiger partial charge in [0.05, 0.1) is 5.69 Å². The first-order valence-electron chi connectivity index (χ1n) is 4.85. The molecule has 1 heterocycles. The van der Waals surface area contributed by atoms with Gasteiger partial charge in [0.1, 0.15) is 5.92 Å². The van der Waals surface area contributed by atoms with E-state index in [1.54, 1.807) is 18.2 Å². The standard InChI is InChI=1S/C11H8INO4/c12-5-1-2-8-6(3-5)10(15)7(11(16)17)4-9(14)13-8/h1-3,7H,4H2,(H,13,14)(H,16,17). The van der Waals surface area contributed by atoms with Crippen LogP contribution in [0.15, 0.2) is 18.2 Å². The highest BCUT2D eigenvalue weighted by Crippen LogP contribution is 2.27. The van der Waals surface area contributed by atoms with Crippen LogP contribution in [0.1, 0.15) is 16.8 Å². The first kappa shape index (κ1) is 12.0. The van der Waals surface area contributed by atoms with Crippen LogP contribution >= 0.6 is 22.6 Å². The van der Waals surface area contributed by atoms with Gasteiger partial charge in [-0.05, 0) is 40.8 Å². The van der Waals surface area contributed by atoms with Crippen molar-refractivity contribution in [3.8, 4) is 0 Å². The van der Waals surface area contributed by atoms with Gasteiger partial charge >= 0.3 is 5.97 Å². The van der Waals surface area contributed by atoms with Gasteiger partial charge in [-0.1, -0.05) is 0 Å². The van der Waals surface area contributed by atoms with Gasteiger partial charge in [-0.2, -0.15) is 0 Å². The predicted octanol–water partition coefficient (Wildman–Crippen LogP) is 1.52. The fourth-order valence-corrected chi connectivity index (χ4v) is 2.19. The SMILES string of the molecule is O=C1CC(C(=O)O)C(=O)c2cc(I)ccc2N1. The summed E-state index contributed by atoms with van der Waals surface area (Å²) in [5.74, 6) is -3.54. The first-order chi connectivity index (χ1) is 7.99. The van der Waals surface area contributed by atoms with Gasteiger partial charge in [0, 0.05) is 15.6 Å². The maximum absolute atomic E-state index is 12.0. The highest BCUT2D eigenvalue weighted by molar-refractivity contribution is 14.1. The third kappa shape index (κ3) is 2.31. The van der Waals surface area contributed by atoms with E-state index in [2.05, 4.69) is 5.32 Å². The fraction of sp³-hybridized carbons (Fsp3) is 0.182. The number of carbonyl (C=O) groups excluding carboxylic acids is 2. The summed E-state index contributed by atoms with van der Waals surface area (Å²) in [4.78, 5) is 34.4. The van der Waals surface area contributed by atoms with Crippen molar-refractivity contribution in [2.75, 3.05) is 5.32 Å². The van der Waals surface area contributed by atoms with Crippen LogP contribution in [0, 0.1) is 9.49 Å². The molecule has 0 saturated carbocycles. The zero-order valence-corrected chi connectivity index (χ0v) is 10.7. The number of amides is 1. The quantitative estimate of drug-likeness (QED) is 0.597. The number of ketones is 1. The minimum absolute atomic E-state index is 0.259. The summed E-state index contributed by atoms with van der Waals surface area (Å²) < 4.78 is 0.815. The van der Waals surface area contributed by atoms with Crippen LogP contribution in [0.2, 0.25) is 0 Å². The molecule has 0 aliphatic carbocycles. The Hall–Kier alpha value is -1.44. The van der Waals surface area contributed by atoms with Gasteiger partial charge in [-0.3, -0.25) is 14.4 Å². The Morgan fingerprint density at radius 2 is 2.12 bits per heavy atom. The molecule has 1 aromatic rings. The molecule has 1 aromatic carbocycles. The van der Waals surface area contributed by atoms with E-state index in [1.807, 2.05) is 22.6 Å². The van der Waals surface area contributed by atoms with Crippen molar-refractivity contribution < 1.29 is 19.5 Å². The number of fused-ring (bicyclic) bond motifs is 1. The number of anilines is 1. The maximum Gasteiger partial charge on any atom is 0.314 e. The van der Waals surface area contributed by atoms with Gasteiger partial charge in [0.2, 0.25) is 5.91 Å². The van der Waals surface area contributed by atoms with E-state index >= 15 is 0 Å². The van der Waals surface area contributed by atoms with E-state index in [9.17, 15) is 14.4 Å². The molecule has 2 N–H and O–H groups in total. The van der Waals surface area contributed by atoms with E-state index in [0.29, 0.717) is 5.69 Å². The highest BCUT2D eigenvalue weighted by atomic mass is 127. The molecule has 5 nitrogen and oxygen atoms in total. The second-order valence-electron chi connectivity index (χ2n) is 3.70. The number of carboxylic acids is 1. The molecule has 1 aliphatic heterocycles. The van der Waals surface area contributed by atoms with E-state index in [1.165, 1.54) is 0 Å². The summed E-state index contributed by atoms with van der Waals surface area (Å²) in [6.07, 6.45) is -0.320. The minimum Gasteiger partial charge on any atom is -0.481 e. The molecule has 1 atom stereocenters. The molecule has 6 heteroatoms. The van der Waals surface area contributed by atoms with E-state index in [-0.39, 0.29) is 12.0 Å². The second kappa shape index (κ2) is 4.44. The molecule has 0 radical (unpaired) electrons. The van der Waals surface area contributed by atoms with Gasteiger partial charge in [-0.15, -0.1) is 0 Å². The molecule has 88 valence electrons. The lowest BCUT2D eigenvalue weighted by molar-refractivity contribution is -0.141. The van der Waals surface area contributed by atoms with Crippen LogP contribution in [0.4, 0.5) is 5.69 Å². The van der Waals surface area contributed by atoms with Crippen molar-refractivity contribution in [3.63, 3.8) is 0 Å². The summed E-state index contributed by atoms with van der Waals surface area (Å²) >= 11 is 2.03. The lowest BCUT2D eigenvalue weighted by Crippen LogP contribution is -2.25. The Kier molecular flexibility index (Phi) is 3.14. The smallest absolute Gasteiger partial charge is 0.314 e. The summed E-state index contributed by atoms with van der Waals surface area (Å²) in [5, 5.41) is 11.5. The number of hydrogen-bond donors (Lipinski definition) is 2. The van der Waals surface area contributed by atoms with E-state index < -0.39 is 23.6 Å². The number of Topliss-reactive ketones (excluding diaryl/α,β-unsaturated/α-hetero) is 1. The summed E-state index contributed by atoms with van der Waals surface area (Å²) in [6.45, 7) is 0. The third-order valence-electron chi connectivity index (χ3n) is 2.53. The Bertz CT molecular complexity index is 526. The molecule has 1 amide bonds. The fourth-order valence-electron chi connectivity index (χ4n) is 1.70. The summed E-state index contributed by atoms with van der Waals surface area (Å²) in [7, 11) is 0. The van der Waals surface area contributed by atoms with Crippen molar-refractivity contribution in [1.82, 2.24) is 0 Å². The van der Waals surface area contributed by atoms with Crippen LogP contribution in [0.25, 0.3) is 0 Å². The molecule has 1 unspecified atom stereocenters. The predicted molar refractivity (Wildman–Crippen MR) is 67.9 cm³/mol. The molecular formula is C11H8INO4. The molecule has 0 spiro atoms. The van der Waals surface area contributed by atoms with Crippen molar-refractivity contribution in [3.05, 3.63) is 27.3 Å². The Morgan fingerprint density at radius 3 is 2.76 bits per heavy atom. The van der Waals surface area contributed by atoms with Gasteiger partial charge in [-0.25, -0.2) is 0 Å². The molecule has 1 aliphatic rings. The van der Waals surface area contributed by atoms with Gasteiger partial charge in [0.25, 0.3) is 0 Å². The number of benzene rings is 1. The van der Waals surface area contributed by atoms with Crippen LogP contribution in [-0.4, -0.2) is 22.8 Å². The summed E-state index contributed by atoms with van der Waals surface area (Å²) in [5.41, 5.74) is 0.638. The topological polar surface area (TPSA) is 83.5 Å². The normalized spacial score (nSPS) is 19.2. The van der Waals surface area contributed by atoms with Crippen LogP contribution in [0.5, 0.6) is 0 Å². The Labute approximate surface area is 110 Å². The van der Waals surface area contributed by atoms with Crippen molar-refractivity contribution >= 4 is 45.9 Å². The maximum atomic E-state index is 12.0. The van der Waals surface area contributed by atoms with Crippen molar-refractivity contribution in [2.45, 2.75) is 6.42 Å². The molecule has 2 rings (SSSR count). The number of hydrogen-bond acceptors (Lipinski definition) is 3. The number of halogens is 1. The zero-order valence-electron chi connectivity index (χ0n) is 8.57.